The van der Waals surface area contributed by atoms with E-state index in [1.807, 2.05) is 86.6 Å². The number of carbonyl (C=O) groups is 2. The van der Waals surface area contributed by atoms with Gasteiger partial charge in [-0.1, -0.05) is 47.7 Å². The van der Waals surface area contributed by atoms with E-state index in [0.717, 1.165) is 23.9 Å². The summed E-state index contributed by atoms with van der Waals surface area (Å²) in [4.78, 5) is 29.7. The van der Waals surface area contributed by atoms with Crippen LogP contribution in [0.2, 0.25) is 0 Å². The third kappa shape index (κ3) is 5.93. The summed E-state index contributed by atoms with van der Waals surface area (Å²) in [6.07, 6.45) is 1.84. The monoisotopic (exact) mass is 527 g/mol. The van der Waals surface area contributed by atoms with E-state index in [-0.39, 0.29) is 24.5 Å². The van der Waals surface area contributed by atoms with Crippen LogP contribution in [0, 0.1) is 6.92 Å². The van der Waals surface area contributed by atoms with Crippen molar-refractivity contribution in [1.82, 2.24) is 20.3 Å². The Morgan fingerprint density at radius 1 is 1.10 bits per heavy atom. The van der Waals surface area contributed by atoms with Crippen LogP contribution in [0.4, 0.5) is 5.69 Å². The molecule has 0 saturated carbocycles. The molecular weight excluding hydrogens is 494 g/mol. The predicted octanol–water partition coefficient (Wildman–Crippen LogP) is 4.21. The highest BCUT2D eigenvalue weighted by Crippen LogP contribution is 2.32. The van der Waals surface area contributed by atoms with Crippen molar-refractivity contribution in [2.24, 2.45) is 0 Å². The summed E-state index contributed by atoms with van der Waals surface area (Å²) in [6.45, 7) is 5.38. The second-order valence-corrected chi connectivity index (χ2v) is 9.57. The topological polar surface area (TPSA) is 98.6 Å². The van der Waals surface area contributed by atoms with Gasteiger partial charge in [0.2, 0.25) is 11.8 Å². The number of amides is 2. The molecule has 9 nitrogen and oxygen atoms in total. The summed E-state index contributed by atoms with van der Waals surface area (Å²) in [5, 5.41) is 11.5. The second-order valence-electron chi connectivity index (χ2n) is 9.57. The number of fused-ring (bicyclic) bond motifs is 1. The van der Waals surface area contributed by atoms with Gasteiger partial charge in [0.25, 0.3) is 0 Å². The van der Waals surface area contributed by atoms with Crippen molar-refractivity contribution in [2.75, 3.05) is 24.7 Å². The Labute approximate surface area is 227 Å². The van der Waals surface area contributed by atoms with Crippen molar-refractivity contribution in [3.63, 3.8) is 0 Å². The molecule has 1 aliphatic heterocycles. The van der Waals surface area contributed by atoms with Gasteiger partial charge < -0.3 is 14.8 Å². The summed E-state index contributed by atoms with van der Waals surface area (Å²) in [5.74, 6) is 0.128. The van der Waals surface area contributed by atoms with E-state index in [2.05, 4.69) is 15.6 Å². The van der Waals surface area contributed by atoms with Gasteiger partial charge in [0.1, 0.15) is 23.9 Å². The number of benzene rings is 3. The van der Waals surface area contributed by atoms with E-state index >= 15 is 0 Å². The number of hydrogen-bond acceptors (Lipinski definition) is 6. The molecule has 2 amide bonds. The third-order valence-electron chi connectivity index (χ3n) is 6.89. The van der Waals surface area contributed by atoms with E-state index in [1.54, 1.807) is 9.58 Å². The van der Waals surface area contributed by atoms with E-state index < -0.39 is 6.04 Å². The van der Waals surface area contributed by atoms with Crippen molar-refractivity contribution in [2.45, 2.75) is 45.4 Å². The van der Waals surface area contributed by atoms with Gasteiger partial charge in [-0.15, -0.1) is 5.10 Å². The number of nitrogens with zero attached hydrogens (tertiary/aromatic N) is 4. The average molecular weight is 528 g/mol. The molecule has 0 unspecified atom stereocenters. The van der Waals surface area contributed by atoms with Crippen LogP contribution in [-0.4, -0.2) is 52.7 Å². The van der Waals surface area contributed by atoms with E-state index in [9.17, 15) is 9.59 Å². The van der Waals surface area contributed by atoms with E-state index in [0.29, 0.717) is 42.3 Å². The standard InChI is InChI=1S/C30H33N5O4/c1-3-38-23-16-14-22(15-17-23)29(30(37)31-19-24-10-8-18-39-24)35(26-12-6-4-9-21(26)2)28(36)20-34-27-13-7-5-11-25(27)32-33-34/h4-7,9,11-17,24,29H,3,8,10,18-20H2,1-2H3,(H,31,37)/t24-,29+/m0/s1. The van der Waals surface area contributed by atoms with Crippen LogP contribution in [0.5, 0.6) is 5.75 Å². The Kier molecular flexibility index (Phi) is 8.17. The fraction of sp³-hybridized carbons (Fsp3) is 0.333. The van der Waals surface area contributed by atoms with Crippen LogP contribution < -0.4 is 15.0 Å². The third-order valence-corrected chi connectivity index (χ3v) is 6.89. The summed E-state index contributed by atoms with van der Waals surface area (Å²) in [7, 11) is 0. The molecule has 5 rings (SSSR count). The number of carbonyl (C=O) groups excluding carboxylic acids is 2. The molecule has 1 fully saturated rings. The van der Waals surface area contributed by atoms with Crippen molar-refractivity contribution < 1.29 is 19.1 Å². The zero-order valence-corrected chi connectivity index (χ0v) is 22.2. The molecule has 4 aromatic rings. The molecule has 0 bridgehead atoms. The molecule has 0 aliphatic carbocycles. The maximum atomic E-state index is 14.2. The molecule has 0 radical (unpaired) electrons. The first-order valence-electron chi connectivity index (χ1n) is 13.3. The van der Waals surface area contributed by atoms with E-state index in [4.69, 9.17) is 9.47 Å². The Morgan fingerprint density at radius 2 is 1.87 bits per heavy atom. The fourth-order valence-electron chi connectivity index (χ4n) is 4.94. The van der Waals surface area contributed by atoms with Gasteiger partial charge in [-0.05, 0) is 68.1 Å². The number of aromatic nitrogens is 3. The zero-order chi connectivity index (χ0) is 27.2. The molecule has 202 valence electrons. The first-order chi connectivity index (χ1) is 19.0. The van der Waals surface area contributed by atoms with Crippen LogP contribution in [0.15, 0.2) is 72.8 Å². The number of para-hydroxylation sites is 2. The molecule has 1 saturated heterocycles. The number of nitrogens with one attached hydrogen (secondary N) is 1. The molecule has 2 atom stereocenters. The minimum Gasteiger partial charge on any atom is -0.494 e. The molecule has 2 heterocycles. The number of aryl methyl sites for hydroxylation is 1. The summed E-state index contributed by atoms with van der Waals surface area (Å²) < 4.78 is 12.9. The number of rotatable bonds is 10. The van der Waals surface area contributed by atoms with Crippen molar-refractivity contribution in [3.8, 4) is 5.75 Å². The van der Waals surface area contributed by atoms with Crippen molar-refractivity contribution >= 4 is 28.5 Å². The number of ether oxygens (including phenoxy) is 2. The Balaban J connectivity index is 1.54. The molecule has 3 aromatic carbocycles. The zero-order valence-electron chi connectivity index (χ0n) is 22.2. The van der Waals surface area contributed by atoms with Gasteiger partial charge in [0.05, 0.1) is 18.2 Å². The van der Waals surface area contributed by atoms with Crippen LogP contribution in [0.3, 0.4) is 0 Å². The second kappa shape index (κ2) is 12.1. The van der Waals surface area contributed by atoms with Gasteiger partial charge in [-0.25, -0.2) is 4.68 Å². The Morgan fingerprint density at radius 3 is 2.62 bits per heavy atom. The number of anilines is 1. The highest BCUT2D eigenvalue weighted by Gasteiger charge is 2.34. The van der Waals surface area contributed by atoms with Crippen LogP contribution in [0.25, 0.3) is 11.0 Å². The molecule has 9 heteroatoms. The molecule has 0 spiro atoms. The van der Waals surface area contributed by atoms with Gasteiger partial charge in [0, 0.05) is 18.8 Å². The van der Waals surface area contributed by atoms with Gasteiger partial charge in [-0.2, -0.15) is 0 Å². The van der Waals surface area contributed by atoms with Crippen LogP contribution in [0.1, 0.15) is 36.9 Å². The SMILES string of the molecule is CCOc1ccc([C@H](C(=O)NC[C@@H]2CCCO2)N(C(=O)Cn2nnc3ccccc32)c2ccccc2C)cc1. The van der Waals surface area contributed by atoms with Crippen molar-refractivity contribution in [1.29, 1.82) is 0 Å². The van der Waals surface area contributed by atoms with E-state index in [1.165, 1.54) is 0 Å². The minimum atomic E-state index is -0.925. The lowest BCUT2D eigenvalue weighted by Crippen LogP contribution is -2.47. The smallest absolute Gasteiger partial charge is 0.249 e. The van der Waals surface area contributed by atoms with Crippen LogP contribution in [-0.2, 0) is 20.9 Å². The first kappa shape index (κ1) is 26.4. The maximum Gasteiger partial charge on any atom is 0.249 e. The minimum absolute atomic E-state index is 0.0287. The Bertz CT molecular complexity index is 1430. The number of hydrogen-bond donors (Lipinski definition) is 1. The lowest BCUT2D eigenvalue weighted by atomic mass is 10.0. The van der Waals surface area contributed by atoms with Gasteiger partial charge >= 0.3 is 0 Å². The largest absolute Gasteiger partial charge is 0.494 e. The van der Waals surface area contributed by atoms with Crippen molar-refractivity contribution in [3.05, 3.63) is 83.9 Å². The Hall–Kier alpha value is -4.24. The molecule has 1 aromatic heterocycles. The normalized spacial score (nSPS) is 15.7. The van der Waals surface area contributed by atoms with Gasteiger partial charge in [-0.3, -0.25) is 14.5 Å². The quantitative estimate of drug-likeness (QED) is 0.332. The molecular formula is C30H33N5O4. The summed E-state index contributed by atoms with van der Waals surface area (Å²) in [6, 6.07) is 21.5. The molecule has 1 aliphatic rings. The molecule has 39 heavy (non-hydrogen) atoms. The average Bonchev–Trinajstić information content (AvgIpc) is 3.62. The lowest BCUT2D eigenvalue weighted by Gasteiger charge is -2.33. The van der Waals surface area contributed by atoms with Gasteiger partial charge in [0.15, 0.2) is 0 Å². The molecule has 1 N–H and O–H groups in total. The highest BCUT2D eigenvalue weighted by molar-refractivity contribution is 6.02. The summed E-state index contributed by atoms with van der Waals surface area (Å²) >= 11 is 0. The highest BCUT2D eigenvalue weighted by atomic mass is 16.5. The fourth-order valence-corrected chi connectivity index (χ4v) is 4.94. The lowest BCUT2D eigenvalue weighted by molar-refractivity contribution is -0.127. The first-order valence-corrected chi connectivity index (χ1v) is 13.3. The predicted molar refractivity (Wildman–Crippen MR) is 149 cm³/mol. The van der Waals surface area contributed by atoms with Crippen LogP contribution >= 0.6 is 0 Å². The summed E-state index contributed by atoms with van der Waals surface area (Å²) in [5.41, 5.74) is 3.64. The maximum absolute atomic E-state index is 14.2.